The fourth-order valence-corrected chi connectivity index (χ4v) is 4.59. The molecule has 1 heterocycles. The first-order valence-corrected chi connectivity index (χ1v) is 12.7. The van der Waals surface area contributed by atoms with Crippen LogP contribution in [0.5, 0.6) is 0 Å². The van der Waals surface area contributed by atoms with E-state index >= 15 is 0 Å². The number of alkyl halides is 3. The quantitative estimate of drug-likeness (QED) is 0.270. The Hall–Kier alpha value is -4.64. The SMILES string of the molecule is CC(Cc1ccccc1)(C(N)=O)N(C(=O)OCc1ccc(C(F)(F)F)cc1)C(=O)[C@@H](N)Cc1c[nH]c2ccccc12. The van der Waals surface area contributed by atoms with E-state index in [0.29, 0.717) is 10.5 Å². The minimum atomic E-state index is -4.53. The minimum Gasteiger partial charge on any atom is -0.444 e. The third kappa shape index (κ3) is 6.58. The van der Waals surface area contributed by atoms with E-state index in [9.17, 15) is 27.6 Å². The number of amides is 3. The van der Waals surface area contributed by atoms with E-state index in [2.05, 4.69) is 4.98 Å². The van der Waals surface area contributed by atoms with Crippen molar-refractivity contribution < 1.29 is 32.3 Å². The average Bonchev–Trinajstić information content (AvgIpc) is 3.34. The van der Waals surface area contributed by atoms with E-state index in [0.717, 1.165) is 40.7 Å². The van der Waals surface area contributed by atoms with Crippen molar-refractivity contribution in [3.63, 3.8) is 0 Å². The highest BCUT2D eigenvalue weighted by molar-refractivity contribution is 6.02. The number of fused-ring (bicyclic) bond motifs is 1. The lowest BCUT2D eigenvalue weighted by Gasteiger charge is -2.38. The molecule has 4 rings (SSSR count). The lowest BCUT2D eigenvalue weighted by Crippen LogP contribution is -2.64. The first-order chi connectivity index (χ1) is 19.4. The Morgan fingerprint density at radius 1 is 0.927 bits per heavy atom. The summed E-state index contributed by atoms with van der Waals surface area (Å²) in [7, 11) is 0. The number of hydrogen-bond donors (Lipinski definition) is 3. The second-order valence-corrected chi connectivity index (χ2v) is 9.89. The summed E-state index contributed by atoms with van der Waals surface area (Å²) in [6.45, 7) is 0.886. The molecule has 0 aliphatic rings. The van der Waals surface area contributed by atoms with Crippen LogP contribution in [0.3, 0.4) is 0 Å². The van der Waals surface area contributed by atoms with Crippen LogP contribution in [0.1, 0.15) is 29.2 Å². The second kappa shape index (κ2) is 11.8. The average molecular weight is 567 g/mol. The van der Waals surface area contributed by atoms with Gasteiger partial charge in [0.25, 0.3) is 0 Å². The predicted octanol–water partition coefficient (Wildman–Crippen LogP) is 4.71. The number of carbonyl (C=O) groups excluding carboxylic acids is 3. The van der Waals surface area contributed by atoms with Gasteiger partial charge in [0.2, 0.25) is 11.8 Å². The molecule has 2 atom stereocenters. The molecule has 3 amide bonds. The standard InChI is InChI=1S/C30H29F3N4O4/c1-29(27(35)39,16-19-7-3-2-4-8-19)37(28(40)41-18-20-11-13-22(14-12-20)30(31,32)33)26(38)24(34)15-21-17-36-25-10-6-5-9-23(21)25/h2-14,17,24,36H,15-16,18,34H2,1H3,(H2,35,39)/t24-,29?/m0/s1. The maximum absolute atomic E-state index is 13.8. The Balaban J connectivity index is 1.63. The van der Waals surface area contributed by atoms with E-state index in [1.165, 1.54) is 6.92 Å². The van der Waals surface area contributed by atoms with Crippen LogP contribution in [0.25, 0.3) is 10.9 Å². The van der Waals surface area contributed by atoms with Gasteiger partial charge in [-0.3, -0.25) is 9.59 Å². The number of nitrogens with two attached hydrogens (primary N) is 2. The number of H-pyrrole nitrogens is 1. The zero-order valence-corrected chi connectivity index (χ0v) is 22.2. The minimum absolute atomic E-state index is 0.0334. The first-order valence-electron chi connectivity index (χ1n) is 12.7. The molecule has 0 radical (unpaired) electrons. The summed E-state index contributed by atoms with van der Waals surface area (Å²) in [5.74, 6) is -1.87. The van der Waals surface area contributed by atoms with Crippen molar-refractivity contribution in [1.82, 2.24) is 9.88 Å². The van der Waals surface area contributed by atoms with Crippen molar-refractivity contribution in [2.24, 2.45) is 11.5 Å². The molecule has 0 spiro atoms. The summed E-state index contributed by atoms with van der Waals surface area (Å²) in [5.41, 5.74) is 11.8. The summed E-state index contributed by atoms with van der Waals surface area (Å²) < 4.78 is 44.1. The van der Waals surface area contributed by atoms with Crippen LogP contribution in [0, 0.1) is 0 Å². The van der Waals surface area contributed by atoms with Gasteiger partial charge in [0.15, 0.2) is 0 Å². The molecule has 0 fully saturated rings. The van der Waals surface area contributed by atoms with Crippen molar-refractivity contribution in [3.05, 3.63) is 107 Å². The first kappa shape index (κ1) is 29.3. The van der Waals surface area contributed by atoms with Crippen molar-refractivity contribution >= 4 is 28.8 Å². The zero-order valence-electron chi connectivity index (χ0n) is 22.2. The number of halogens is 3. The topological polar surface area (TPSA) is 132 Å². The molecule has 0 aliphatic heterocycles. The van der Waals surface area contributed by atoms with E-state index in [-0.39, 0.29) is 18.4 Å². The van der Waals surface area contributed by atoms with Crippen LogP contribution in [-0.4, -0.2) is 39.4 Å². The van der Waals surface area contributed by atoms with Gasteiger partial charge in [-0.15, -0.1) is 0 Å². The molecule has 4 aromatic rings. The lowest BCUT2D eigenvalue weighted by atomic mass is 9.89. The summed E-state index contributed by atoms with van der Waals surface area (Å²) in [4.78, 5) is 43.9. The third-order valence-electron chi connectivity index (χ3n) is 6.89. The van der Waals surface area contributed by atoms with E-state index in [4.69, 9.17) is 16.2 Å². The van der Waals surface area contributed by atoms with Gasteiger partial charge in [0.05, 0.1) is 11.6 Å². The maximum Gasteiger partial charge on any atom is 0.417 e. The summed E-state index contributed by atoms with van der Waals surface area (Å²) in [6, 6.07) is 18.8. The highest BCUT2D eigenvalue weighted by Crippen LogP contribution is 2.30. The number of primary amides is 1. The number of nitrogens with one attached hydrogen (secondary N) is 1. The normalized spacial score (nSPS) is 13.8. The number of hydrogen-bond acceptors (Lipinski definition) is 5. The molecule has 8 nitrogen and oxygen atoms in total. The van der Waals surface area contributed by atoms with E-state index in [1.807, 2.05) is 24.3 Å². The van der Waals surface area contributed by atoms with Crippen LogP contribution in [0.2, 0.25) is 0 Å². The number of aromatic amines is 1. The fraction of sp³-hybridized carbons (Fsp3) is 0.233. The Morgan fingerprint density at radius 3 is 2.20 bits per heavy atom. The van der Waals surface area contributed by atoms with Crippen LogP contribution < -0.4 is 11.5 Å². The third-order valence-corrected chi connectivity index (χ3v) is 6.89. The van der Waals surface area contributed by atoms with Gasteiger partial charge in [0.1, 0.15) is 12.1 Å². The number of imide groups is 1. The molecule has 0 saturated heterocycles. The highest BCUT2D eigenvalue weighted by atomic mass is 19.4. The van der Waals surface area contributed by atoms with E-state index in [1.54, 1.807) is 36.5 Å². The van der Waals surface area contributed by atoms with Crippen molar-refractivity contribution in [3.8, 4) is 0 Å². The number of benzene rings is 3. The molecule has 3 aromatic carbocycles. The number of nitrogens with zero attached hydrogens (tertiary/aromatic N) is 1. The summed E-state index contributed by atoms with van der Waals surface area (Å²) in [6.07, 6.45) is -4.11. The molecular formula is C30H29F3N4O4. The predicted molar refractivity (Wildman–Crippen MR) is 146 cm³/mol. The molecule has 0 saturated carbocycles. The Kier molecular flexibility index (Phi) is 8.48. The van der Waals surface area contributed by atoms with Crippen molar-refractivity contribution in [2.75, 3.05) is 0 Å². The van der Waals surface area contributed by atoms with Gasteiger partial charge in [0, 0.05) is 23.5 Å². The van der Waals surface area contributed by atoms with Gasteiger partial charge in [-0.25, -0.2) is 9.69 Å². The Morgan fingerprint density at radius 2 is 1.56 bits per heavy atom. The maximum atomic E-state index is 13.8. The Labute approximate surface area is 234 Å². The highest BCUT2D eigenvalue weighted by Gasteiger charge is 2.47. The number of para-hydroxylation sites is 1. The number of carbonyl (C=O) groups is 3. The second-order valence-electron chi connectivity index (χ2n) is 9.89. The largest absolute Gasteiger partial charge is 0.444 e. The van der Waals surface area contributed by atoms with Gasteiger partial charge in [-0.1, -0.05) is 60.7 Å². The zero-order chi connectivity index (χ0) is 29.8. The number of aromatic nitrogens is 1. The molecule has 5 N–H and O–H groups in total. The van der Waals surface area contributed by atoms with Crippen molar-refractivity contribution in [2.45, 2.75) is 44.1 Å². The van der Waals surface area contributed by atoms with E-state index < -0.39 is 47.8 Å². The van der Waals surface area contributed by atoms with Crippen LogP contribution in [-0.2, 0) is 40.0 Å². The van der Waals surface area contributed by atoms with Gasteiger partial charge >= 0.3 is 12.3 Å². The number of rotatable bonds is 9. The monoisotopic (exact) mass is 566 g/mol. The summed E-state index contributed by atoms with van der Waals surface area (Å²) >= 11 is 0. The van der Waals surface area contributed by atoms with Crippen LogP contribution in [0.4, 0.5) is 18.0 Å². The molecule has 11 heteroatoms. The van der Waals surface area contributed by atoms with Crippen LogP contribution in [0.15, 0.2) is 85.1 Å². The van der Waals surface area contributed by atoms with Gasteiger partial charge < -0.3 is 21.2 Å². The molecule has 1 unspecified atom stereocenters. The summed E-state index contributed by atoms with van der Waals surface area (Å²) in [5, 5.41) is 0.842. The Bertz CT molecular complexity index is 1540. The fourth-order valence-electron chi connectivity index (χ4n) is 4.59. The smallest absolute Gasteiger partial charge is 0.417 e. The van der Waals surface area contributed by atoms with Crippen molar-refractivity contribution in [1.29, 1.82) is 0 Å². The number of ether oxygens (including phenoxy) is 1. The molecule has 1 aromatic heterocycles. The molecular weight excluding hydrogens is 537 g/mol. The molecule has 41 heavy (non-hydrogen) atoms. The molecule has 214 valence electrons. The molecule has 0 aliphatic carbocycles. The van der Waals surface area contributed by atoms with Gasteiger partial charge in [-0.2, -0.15) is 13.2 Å². The molecule has 0 bridgehead atoms. The lowest BCUT2D eigenvalue weighted by molar-refractivity contribution is -0.144. The van der Waals surface area contributed by atoms with Gasteiger partial charge in [-0.05, 0) is 48.2 Å². The van der Waals surface area contributed by atoms with Crippen LogP contribution >= 0.6 is 0 Å².